The molecule has 1 heterocycles. The highest BCUT2D eigenvalue weighted by atomic mass is 35.5. The van der Waals surface area contributed by atoms with Crippen molar-refractivity contribution in [2.24, 2.45) is 0 Å². The largest absolute Gasteiger partial charge is 0.379 e. The first-order valence-electron chi connectivity index (χ1n) is 4.86. The van der Waals surface area contributed by atoms with Gasteiger partial charge < -0.3 is 5.32 Å². The van der Waals surface area contributed by atoms with Gasteiger partial charge in [-0.15, -0.1) is 11.8 Å². The maximum absolute atomic E-state index is 8.54. The van der Waals surface area contributed by atoms with Gasteiger partial charge in [0.1, 0.15) is 0 Å². The number of benzene rings is 1. The van der Waals surface area contributed by atoms with Gasteiger partial charge in [0.15, 0.2) is 0 Å². The van der Waals surface area contributed by atoms with Crippen molar-refractivity contribution in [3.63, 3.8) is 0 Å². The summed E-state index contributed by atoms with van der Waals surface area (Å²) < 4.78 is 0. The fourth-order valence-electron chi connectivity index (χ4n) is 1.60. The first-order chi connectivity index (χ1) is 7.31. The van der Waals surface area contributed by atoms with Gasteiger partial charge >= 0.3 is 0 Å². The number of nitriles is 1. The molecule has 2 nitrogen and oxygen atoms in total. The Hall–Kier alpha value is -0.850. The second-order valence-corrected chi connectivity index (χ2v) is 4.93. The van der Waals surface area contributed by atoms with Crippen molar-refractivity contribution in [2.45, 2.75) is 23.8 Å². The van der Waals surface area contributed by atoms with Gasteiger partial charge in [-0.2, -0.15) is 5.26 Å². The molecule has 78 valence electrons. The van der Waals surface area contributed by atoms with E-state index in [1.165, 1.54) is 4.90 Å². The molecule has 0 spiro atoms. The third kappa shape index (κ3) is 2.39. The van der Waals surface area contributed by atoms with Crippen LogP contribution >= 0.6 is 23.4 Å². The molecule has 15 heavy (non-hydrogen) atoms. The van der Waals surface area contributed by atoms with Gasteiger partial charge in [-0.05, 0) is 18.6 Å². The second-order valence-electron chi connectivity index (χ2n) is 3.46. The molecule has 4 heteroatoms. The Morgan fingerprint density at radius 3 is 3.27 bits per heavy atom. The van der Waals surface area contributed by atoms with Gasteiger partial charge in [-0.3, -0.25) is 0 Å². The van der Waals surface area contributed by atoms with E-state index in [-0.39, 0.29) is 0 Å². The number of thioether (sulfide) groups is 1. The number of fused-ring (bicyclic) bond motifs is 1. The fourth-order valence-corrected chi connectivity index (χ4v) is 3.00. The van der Waals surface area contributed by atoms with E-state index < -0.39 is 0 Å². The summed E-state index contributed by atoms with van der Waals surface area (Å²) in [5.74, 6) is 1.01. The molecule has 0 saturated heterocycles. The summed E-state index contributed by atoms with van der Waals surface area (Å²) in [6, 6.07) is 8.46. The number of para-hydroxylation sites is 1. The number of nitrogens with one attached hydrogen (secondary N) is 1. The number of nitrogens with zero attached hydrogens (tertiary/aromatic N) is 1. The molecule has 0 fully saturated rings. The van der Waals surface area contributed by atoms with Crippen molar-refractivity contribution in [1.82, 2.24) is 0 Å². The monoisotopic (exact) mass is 238 g/mol. The smallest absolute Gasteiger partial charge is 0.0670 e. The standard InChI is InChI=1S/C11H11ClN2S/c12-9-4-1-5-10-11(9)14-8(7-15-10)3-2-6-13/h1,4-5,8,14H,2-3,7H2. The van der Waals surface area contributed by atoms with Crippen LogP contribution in [0.1, 0.15) is 12.8 Å². The van der Waals surface area contributed by atoms with Gasteiger partial charge in [-0.25, -0.2) is 0 Å². The molecule has 0 saturated carbocycles. The topological polar surface area (TPSA) is 35.8 Å². The zero-order valence-corrected chi connectivity index (χ0v) is 9.74. The molecule has 1 N–H and O–H groups in total. The molecule has 1 aliphatic heterocycles. The number of hydrogen-bond acceptors (Lipinski definition) is 3. The van der Waals surface area contributed by atoms with Gasteiger partial charge in [0, 0.05) is 23.1 Å². The van der Waals surface area contributed by atoms with Gasteiger partial charge in [-0.1, -0.05) is 17.7 Å². The Morgan fingerprint density at radius 2 is 2.47 bits per heavy atom. The first-order valence-corrected chi connectivity index (χ1v) is 6.22. The number of hydrogen-bond donors (Lipinski definition) is 1. The molecular weight excluding hydrogens is 228 g/mol. The third-order valence-corrected chi connectivity index (χ3v) is 3.90. The molecule has 1 aromatic rings. The Morgan fingerprint density at radius 1 is 1.60 bits per heavy atom. The van der Waals surface area contributed by atoms with Crippen LogP contribution in [0, 0.1) is 11.3 Å². The molecule has 2 rings (SSSR count). The van der Waals surface area contributed by atoms with Crippen LogP contribution in [0.3, 0.4) is 0 Å². The molecule has 1 aromatic carbocycles. The van der Waals surface area contributed by atoms with Crippen LogP contribution in [0.25, 0.3) is 0 Å². The average molecular weight is 239 g/mol. The van der Waals surface area contributed by atoms with E-state index in [2.05, 4.69) is 17.5 Å². The molecule has 0 bridgehead atoms. The van der Waals surface area contributed by atoms with Crippen molar-refractivity contribution >= 4 is 29.1 Å². The molecule has 0 amide bonds. The highest BCUT2D eigenvalue weighted by Crippen LogP contribution is 2.38. The van der Waals surface area contributed by atoms with Crippen LogP contribution in [-0.4, -0.2) is 11.8 Å². The summed E-state index contributed by atoms with van der Waals surface area (Å²) in [4.78, 5) is 1.20. The normalized spacial score (nSPS) is 18.8. The molecule has 1 unspecified atom stereocenters. The van der Waals surface area contributed by atoms with E-state index in [0.717, 1.165) is 22.9 Å². The maximum Gasteiger partial charge on any atom is 0.0670 e. The van der Waals surface area contributed by atoms with Crippen molar-refractivity contribution in [3.8, 4) is 6.07 Å². The Bertz CT molecular complexity index is 400. The van der Waals surface area contributed by atoms with Crippen LogP contribution in [-0.2, 0) is 0 Å². The van der Waals surface area contributed by atoms with Gasteiger partial charge in [0.05, 0.1) is 16.8 Å². The SMILES string of the molecule is N#CCCC1CSc2cccc(Cl)c2N1. The van der Waals surface area contributed by atoms with E-state index in [1.54, 1.807) is 11.8 Å². The lowest BCUT2D eigenvalue weighted by atomic mass is 10.1. The zero-order chi connectivity index (χ0) is 10.7. The van der Waals surface area contributed by atoms with Crippen LogP contribution in [0.2, 0.25) is 5.02 Å². The molecule has 0 aromatic heterocycles. The molecule has 1 aliphatic rings. The second kappa shape index (κ2) is 4.78. The Labute approximate surface area is 98.6 Å². The number of anilines is 1. The lowest BCUT2D eigenvalue weighted by molar-refractivity contribution is 0.724. The van der Waals surface area contributed by atoms with Crippen molar-refractivity contribution in [1.29, 1.82) is 5.26 Å². The van der Waals surface area contributed by atoms with Gasteiger partial charge in [0.2, 0.25) is 0 Å². The fraction of sp³-hybridized carbons (Fsp3) is 0.364. The van der Waals surface area contributed by atoms with Crippen LogP contribution < -0.4 is 5.32 Å². The third-order valence-electron chi connectivity index (χ3n) is 2.37. The molecule has 0 aliphatic carbocycles. The van der Waals surface area contributed by atoms with Gasteiger partial charge in [0.25, 0.3) is 0 Å². The average Bonchev–Trinajstić information content (AvgIpc) is 2.27. The summed E-state index contributed by atoms with van der Waals surface area (Å²) in [6.07, 6.45) is 1.48. The molecule has 0 radical (unpaired) electrons. The summed E-state index contributed by atoms with van der Waals surface area (Å²) in [5, 5.41) is 12.7. The van der Waals surface area contributed by atoms with E-state index in [0.29, 0.717) is 12.5 Å². The number of halogens is 1. The van der Waals surface area contributed by atoms with Crippen molar-refractivity contribution in [3.05, 3.63) is 23.2 Å². The predicted molar refractivity (Wildman–Crippen MR) is 64.4 cm³/mol. The number of rotatable bonds is 2. The molecular formula is C11H11ClN2S. The Balaban J connectivity index is 2.12. The van der Waals surface area contributed by atoms with E-state index in [4.69, 9.17) is 16.9 Å². The highest BCUT2D eigenvalue weighted by Gasteiger charge is 2.19. The zero-order valence-electron chi connectivity index (χ0n) is 8.16. The quantitative estimate of drug-likeness (QED) is 0.856. The minimum atomic E-state index is 0.363. The Kier molecular flexibility index (Phi) is 3.40. The summed E-state index contributed by atoms with van der Waals surface area (Å²) in [5.41, 5.74) is 1.03. The lowest BCUT2D eigenvalue weighted by Gasteiger charge is -2.26. The van der Waals surface area contributed by atoms with Crippen LogP contribution in [0.15, 0.2) is 23.1 Å². The molecule has 1 atom stereocenters. The minimum Gasteiger partial charge on any atom is -0.379 e. The summed E-state index contributed by atoms with van der Waals surface area (Å²) in [7, 11) is 0. The van der Waals surface area contributed by atoms with Crippen molar-refractivity contribution < 1.29 is 0 Å². The van der Waals surface area contributed by atoms with Crippen LogP contribution in [0.4, 0.5) is 5.69 Å². The highest BCUT2D eigenvalue weighted by molar-refractivity contribution is 7.99. The van der Waals surface area contributed by atoms with E-state index in [9.17, 15) is 0 Å². The van der Waals surface area contributed by atoms with Crippen molar-refractivity contribution in [2.75, 3.05) is 11.1 Å². The summed E-state index contributed by atoms with van der Waals surface area (Å²) in [6.45, 7) is 0. The van der Waals surface area contributed by atoms with Crippen LogP contribution in [0.5, 0.6) is 0 Å². The first kappa shape index (κ1) is 10.7. The minimum absolute atomic E-state index is 0.363. The summed E-state index contributed by atoms with van der Waals surface area (Å²) >= 11 is 7.91. The van der Waals surface area contributed by atoms with E-state index in [1.807, 2.05) is 12.1 Å². The lowest BCUT2D eigenvalue weighted by Crippen LogP contribution is -2.25. The van der Waals surface area contributed by atoms with E-state index >= 15 is 0 Å². The maximum atomic E-state index is 8.54. The predicted octanol–water partition coefficient (Wildman–Crippen LogP) is 3.53.